The van der Waals surface area contributed by atoms with E-state index in [9.17, 15) is 17.6 Å². The van der Waals surface area contributed by atoms with Gasteiger partial charge in [0.25, 0.3) is 10.0 Å². The van der Waals surface area contributed by atoms with Crippen LogP contribution in [0.15, 0.2) is 47.4 Å². The van der Waals surface area contributed by atoms with Crippen molar-refractivity contribution in [2.75, 3.05) is 10.0 Å². The first-order chi connectivity index (χ1) is 10.8. The third-order valence-corrected chi connectivity index (χ3v) is 4.21. The molecule has 8 heteroatoms. The van der Waals surface area contributed by atoms with Crippen LogP contribution in [-0.2, 0) is 14.8 Å². The Morgan fingerprint density at radius 2 is 1.83 bits per heavy atom. The fraction of sp³-hybridized carbons (Fsp3) is 0.0667. The smallest absolute Gasteiger partial charge is 0.261 e. The SMILES string of the molecule is CC(=O)Nc1ccc(F)c(NS(=O)(=O)c2ccc(C#N)cc2)c1. The first-order valence-corrected chi connectivity index (χ1v) is 7.90. The summed E-state index contributed by atoms with van der Waals surface area (Å²) in [4.78, 5) is 10.9. The summed E-state index contributed by atoms with van der Waals surface area (Å²) >= 11 is 0. The van der Waals surface area contributed by atoms with Crippen LogP contribution in [-0.4, -0.2) is 14.3 Å². The molecule has 0 aliphatic carbocycles. The third kappa shape index (κ3) is 4.05. The average Bonchev–Trinajstić information content (AvgIpc) is 2.50. The van der Waals surface area contributed by atoms with Crippen molar-refractivity contribution >= 4 is 27.3 Å². The van der Waals surface area contributed by atoms with E-state index in [0.29, 0.717) is 5.56 Å². The van der Waals surface area contributed by atoms with Crippen LogP contribution >= 0.6 is 0 Å². The van der Waals surface area contributed by atoms with Gasteiger partial charge in [-0.05, 0) is 42.5 Å². The summed E-state index contributed by atoms with van der Waals surface area (Å²) in [6.07, 6.45) is 0. The van der Waals surface area contributed by atoms with Crippen LogP contribution in [0.3, 0.4) is 0 Å². The molecule has 1 amide bonds. The van der Waals surface area contributed by atoms with Gasteiger partial charge in [0, 0.05) is 12.6 Å². The van der Waals surface area contributed by atoms with Crippen molar-refractivity contribution in [1.29, 1.82) is 5.26 Å². The van der Waals surface area contributed by atoms with Crippen LogP contribution in [0.2, 0.25) is 0 Å². The van der Waals surface area contributed by atoms with Crippen LogP contribution in [0.5, 0.6) is 0 Å². The molecule has 0 radical (unpaired) electrons. The first kappa shape index (κ1) is 16.5. The molecule has 0 bridgehead atoms. The van der Waals surface area contributed by atoms with Crippen LogP contribution in [0.1, 0.15) is 12.5 Å². The Hall–Kier alpha value is -2.92. The molecule has 6 nitrogen and oxygen atoms in total. The Morgan fingerprint density at radius 3 is 2.39 bits per heavy atom. The second kappa shape index (κ2) is 6.46. The lowest BCUT2D eigenvalue weighted by molar-refractivity contribution is -0.114. The van der Waals surface area contributed by atoms with Gasteiger partial charge in [-0.25, -0.2) is 12.8 Å². The Balaban J connectivity index is 2.32. The number of hydrogen-bond acceptors (Lipinski definition) is 4. The Labute approximate surface area is 132 Å². The maximum Gasteiger partial charge on any atom is 0.261 e. The molecule has 0 aliphatic heterocycles. The molecule has 23 heavy (non-hydrogen) atoms. The fourth-order valence-electron chi connectivity index (χ4n) is 1.80. The van der Waals surface area contributed by atoms with Crippen molar-refractivity contribution < 1.29 is 17.6 Å². The van der Waals surface area contributed by atoms with Crippen LogP contribution in [0.25, 0.3) is 0 Å². The third-order valence-electron chi connectivity index (χ3n) is 2.82. The van der Waals surface area contributed by atoms with E-state index in [1.807, 2.05) is 6.07 Å². The maximum absolute atomic E-state index is 13.8. The van der Waals surface area contributed by atoms with Crippen LogP contribution < -0.4 is 10.0 Å². The molecule has 0 spiro atoms. The van der Waals surface area contributed by atoms with E-state index in [1.165, 1.54) is 43.3 Å². The lowest BCUT2D eigenvalue weighted by Crippen LogP contribution is -2.14. The zero-order valence-electron chi connectivity index (χ0n) is 12.0. The minimum Gasteiger partial charge on any atom is -0.326 e. The quantitative estimate of drug-likeness (QED) is 0.897. The topological polar surface area (TPSA) is 99.1 Å². The molecule has 2 aromatic rings. The molecule has 2 rings (SSSR count). The van der Waals surface area contributed by atoms with Gasteiger partial charge >= 0.3 is 0 Å². The summed E-state index contributed by atoms with van der Waals surface area (Å²) in [5, 5.41) is 11.1. The molecule has 0 heterocycles. The zero-order chi connectivity index (χ0) is 17.0. The number of amides is 1. The number of nitrogens with zero attached hydrogens (tertiary/aromatic N) is 1. The summed E-state index contributed by atoms with van der Waals surface area (Å²) < 4.78 is 40.4. The van der Waals surface area contributed by atoms with Crippen molar-refractivity contribution in [3.63, 3.8) is 0 Å². The zero-order valence-corrected chi connectivity index (χ0v) is 12.8. The lowest BCUT2D eigenvalue weighted by Gasteiger charge is -2.11. The number of halogens is 1. The van der Waals surface area contributed by atoms with Crippen LogP contribution in [0.4, 0.5) is 15.8 Å². The monoisotopic (exact) mass is 333 g/mol. The number of carbonyl (C=O) groups excluding carboxylic acids is 1. The summed E-state index contributed by atoms with van der Waals surface area (Å²) in [7, 11) is -4.02. The Morgan fingerprint density at radius 1 is 1.17 bits per heavy atom. The molecule has 2 aromatic carbocycles. The molecule has 0 unspecified atom stereocenters. The highest BCUT2D eigenvalue weighted by molar-refractivity contribution is 7.92. The van der Waals surface area contributed by atoms with Gasteiger partial charge in [0.05, 0.1) is 22.2 Å². The van der Waals surface area contributed by atoms with Crippen molar-refractivity contribution in [2.24, 2.45) is 0 Å². The number of nitrogens with one attached hydrogen (secondary N) is 2. The van der Waals surface area contributed by atoms with E-state index in [4.69, 9.17) is 5.26 Å². The fourth-order valence-corrected chi connectivity index (χ4v) is 2.85. The van der Waals surface area contributed by atoms with Gasteiger partial charge in [-0.1, -0.05) is 0 Å². The van der Waals surface area contributed by atoms with Gasteiger partial charge in [-0.2, -0.15) is 5.26 Å². The molecule has 0 aromatic heterocycles. The van der Waals surface area contributed by atoms with Gasteiger partial charge in [0.15, 0.2) is 0 Å². The van der Waals surface area contributed by atoms with Gasteiger partial charge < -0.3 is 5.32 Å². The van der Waals surface area contributed by atoms with Crippen LogP contribution in [0, 0.1) is 17.1 Å². The summed E-state index contributed by atoms with van der Waals surface area (Å²) in [6.45, 7) is 1.28. The van der Waals surface area contributed by atoms with E-state index < -0.39 is 15.8 Å². The Bertz CT molecular complexity index is 887. The predicted molar refractivity (Wildman–Crippen MR) is 82.7 cm³/mol. The number of rotatable bonds is 4. The van der Waals surface area contributed by atoms with E-state index in [2.05, 4.69) is 10.0 Å². The number of benzene rings is 2. The minimum absolute atomic E-state index is 0.110. The minimum atomic E-state index is -4.02. The molecule has 0 saturated heterocycles. The van der Waals surface area contributed by atoms with Gasteiger partial charge in [-0.3, -0.25) is 9.52 Å². The molecule has 2 N–H and O–H groups in total. The molecule has 118 valence electrons. The first-order valence-electron chi connectivity index (χ1n) is 6.42. The van der Waals surface area contributed by atoms with E-state index in [0.717, 1.165) is 6.07 Å². The second-order valence-corrected chi connectivity index (χ2v) is 6.30. The molecular weight excluding hydrogens is 321 g/mol. The van der Waals surface area contributed by atoms with E-state index in [1.54, 1.807) is 0 Å². The highest BCUT2D eigenvalue weighted by Crippen LogP contribution is 2.23. The van der Waals surface area contributed by atoms with Crippen molar-refractivity contribution in [3.8, 4) is 6.07 Å². The molecule has 0 fully saturated rings. The average molecular weight is 333 g/mol. The lowest BCUT2D eigenvalue weighted by atomic mass is 10.2. The summed E-state index contributed by atoms with van der Waals surface area (Å²) in [6, 6.07) is 10.6. The predicted octanol–water partition coefficient (Wildman–Crippen LogP) is 2.46. The number of anilines is 2. The number of nitriles is 1. The van der Waals surface area contributed by atoms with Crippen molar-refractivity contribution in [2.45, 2.75) is 11.8 Å². The largest absolute Gasteiger partial charge is 0.326 e. The molecule has 0 aliphatic rings. The molecule has 0 saturated carbocycles. The standard InChI is InChI=1S/C15H12FN3O3S/c1-10(20)18-12-4-7-14(16)15(8-12)19-23(21,22)13-5-2-11(9-17)3-6-13/h2-8,19H,1H3,(H,18,20). The van der Waals surface area contributed by atoms with Gasteiger partial charge in [-0.15, -0.1) is 0 Å². The summed E-state index contributed by atoms with van der Waals surface area (Å²) in [5.74, 6) is -1.14. The van der Waals surface area contributed by atoms with Gasteiger partial charge in [0.2, 0.25) is 5.91 Å². The highest BCUT2D eigenvalue weighted by Gasteiger charge is 2.17. The number of hydrogen-bond donors (Lipinski definition) is 2. The Kier molecular flexibility index (Phi) is 4.62. The van der Waals surface area contributed by atoms with Crippen molar-refractivity contribution in [1.82, 2.24) is 0 Å². The highest BCUT2D eigenvalue weighted by atomic mass is 32.2. The normalized spacial score (nSPS) is 10.7. The van der Waals surface area contributed by atoms with Crippen molar-refractivity contribution in [3.05, 3.63) is 53.8 Å². The van der Waals surface area contributed by atoms with E-state index in [-0.39, 0.29) is 22.2 Å². The van der Waals surface area contributed by atoms with E-state index >= 15 is 0 Å². The second-order valence-electron chi connectivity index (χ2n) is 4.62. The van der Waals surface area contributed by atoms with Gasteiger partial charge in [0.1, 0.15) is 5.82 Å². The summed E-state index contributed by atoms with van der Waals surface area (Å²) in [5.41, 5.74) is 0.278. The molecular formula is C15H12FN3O3S. The molecule has 0 atom stereocenters. The maximum atomic E-state index is 13.8. The number of sulfonamides is 1. The number of carbonyl (C=O) groups is 1.